The molecule has 44 valence electrons. The van der Waals surface area contributed by atoms with E-state index in [1.165, 1.54) is 0 Å². The summed E-state index contributed by atoms with van der Waals surface area (Å²) in [5.74, 6) is 0.773. The molecule has 0 saturated carbocycles. The highest BCUT2D eigenvalue weighted by molar-refractivity contribution is 5.74. The molecule has 1 unspecified atom stereocenters. The minimum Gasteiger partial charge on any atom is -0.479 e. The lowest BCUT2D eigenvalue weighted by atomic mass is 10.3. The Morgan fingerprint density at radius 2 is 2.75 bits per heavy atom. The van der Waals surface area contributed by atoms with Crippen LogP contribution in [-0.4, -0.2) is 18.5 Å². The third kappa shape index (κ3) is 0.886. The fraction of sp³-hybridized carbons (Fsp3) is 0.500. The summed E-state index contributed by atoms with van der Waals surface area (Å²) in [5.41, 5.74) is 0. The Kier molecular flexibility index (Phi) is 1.33. The smallest absolute Gasteiger partial charge is 0.180 e. The van der Waals surface area contributed by atoms with Crippen LogP contribution in [0.25, 0.3) is 0 Å². The zero-order chi connectivity index (χ0) is 5.98. The van der Waals surface area contributed by atoms with E-state index in [9.17, 15) is 0 Å². The zero-order valence-electron chi connectivity index (χ0n) is 4.92. The second kappa shape index (κ2) is 1.99. The van der Waals surface area contributed by atoms with Crippen LogP contribution in [-0.2, 0) is 4.74 Å². The van der Waals surface area contributed by atoms with Crippen molar-refractivity contribution in [3.8, 4) is 0 Å². The molecule has 1 atom stereocenters. The van der Waals surface area contributed by atoms with Crippen molar-refractivity contribution < 1.29 is 4.74 Å². The highest BCUT2D eigenvalue weighted by atomic mass is 16.5. The van der Waals surface area contributed by atoms with Gasteiger partial charge in [0.15, 0.2) is 5.90 Å². The first-order chi connectivity index (χ1) is 3.83. The molecule has 0 fully saturated rings. The number of ether oxygens (including phenoxy) is 1. The molecule has 2 nitrogen and oxygen atoms in total. The van der Waals surface area contributed by atoms with Crippen LogP contribution in [0, 0.1) is 0 Å². The molecule has 0 radical (unpaired) electrons. The fourth-order valence-corrected chi connectivity index (χ4v) is 0.635. The van der Waals surface area contributed by atoms with Crippen LogP contribution < -0.4 is 0 Å². The maximum atomic E-state index is 5.04. The van der Waals surface area contributed by atoms with E-state index in [1.807, 2.05) is 6.92 Å². The minimum absolute atomic E-state index is 0.204. The van der Waals surface area contributed by atoms with Crippen LogP contribution in [0.3, 0.4) is 0 Å². The Balaban J connectivity index is 2.53. The number of hydrogen-bond acceptors (Lipinski definition) is 2. The molecule has 0 amide bonds. The van der Waals surface area contributed by atoms with Gasteiger partial charge in [-0.1, -0.05) is 6.08 Å². The summed E-state index contributed by atoms with van der Waals surface area (Å²) in [4.78, 5) is 4.08. The second-order valence-electron chi connectivity index (χ2n) is 1.76. The number of nitrogens with zero attached hydrogens (tertiary/aromatic N) is 1. The molecule has 8 heavy (non-hydrogen) atoms. The summed E-state index contributed by atoms with van der Waals surface area (Å²) >= 11 is 0. The van der Waals surface area contributed by atoms with E-state index in [0.29, 0.717) is 6.61 Å². The van der Waals surface area contributed by atoms with Crippen molar-refractivity contribution in [2.75, 3.05) is 6.61 Å². The maximum Gasteiger partial charge on any atom is 0.180 e. The lowest BCUT2D eigenvalue weighted by Gasteiger charge is -1.92. The normalized spacial score (nSPS) is 26.6. The quantitative estimate of drug-likeness (QED) is 0.462. The molecule has 2 heteroatoms. The molecule has 0 bridgehead atoms. The lowest BCUT2D eigenvalue weighted by molar-refractivity contribution is 0.329. The average Bonchev–Trinajstić information content (AvgIpc) is 2.14. The van der Waals surface area contributed by atoms with Crippen LogP contribution in [0.5, 0.6) is 0 Å². The van der Waals surface area contributed by atoms with Gasteiger partial charge in [0.25, 0.3) is 0 Å². The Bertz CT molecular complexity index is 128. The summed E-state index contributed by atoms with van der Waals surface area (Å²) in [5, 5.41) is 0. The number of aliphatic imine (C=N–C) groups is 1. The largest absolute Gasteiger partial charge is 0.479 e. The van der Waals surface area contributed by atoms with Gasteiger partial charge in [-0.2, -0.15) is 0 Å². The van der Waals surface area contributed by atoms with Gasteiger partial charge in [0, 0.05) is 6.92 Å². The molecule has 0 aliphatic carbocycles. The predicted molar refractivity (Wildman–Crippen MR) is 33.0 cm³/mol. The highest BCUT2D eigenvalue weighted by Gasteiger charge is 2.10. The molecule has 0 N–H and O–H groups in total. The average molecular weight is 111 g/mol. The molecular formula is C6H9NO. The van der Waals surface area contributed by atoms with Crippen LogP contribution >= 0.6 is 0 Å². The second-order valence-corrected chi connectivity index (χ2v) is 1.76. The van der Waals surface area contributed by atoms with Crippen LogP contribution in [0.15, 0.2) is 17.6 Å². The van der Waals surface area contributed by atoms with E-state index in [1.54, 1.807) is 6.08 Å². The Morgan fingerprint density at radius 1 is 2.00 bits per heavy atom. The van der Waals surface area contributed by atoms with Gasteiger partial charge < -0.3 is 4.74 Å². The highest BCUT2D eigenvalue weighted by Crippen LogP contribution is 2.03. The zero-order valence-corrected chi connectivity index (χ0v) is 4.92. The number of hydrogen-bond donors (Lipinski definition) is 0. The van der Waals surface area contributed by atoms with Gasteiger partial charge >= 0.3 is 0 Å². The lowest BCUT2D eigenvalue weighted by Crippen LogP contribution is -1.99. The summed E-state index contributed by atoms with van der Waals surface area (Å²) in [7, 11) is 0. The third-order valence-corrected chi connectivity index (χ3v) is 1.08. The molecule has 0 aromatic carbocycles. The van der Waals surface area contributed by atoms with Crippen molar-refractivity contribution in [1.82, 2.24) is 0 Å². The summed E-state index contributed by atoms with van der Waals surface area (Å²) < 4.78 is 5.04. The van der Waals surface area contributed by atoms with E-state index in [-0.39, 0.29) is 6.04 Å². The Hall–Kier alpha value is -0.790. The molecule has 0 aromatic heterocycles. The van der Waals surface area contributed by atoms with E-state index in [0.717, 1.165) is 5.90 Å². The van der Waals surface area contributed by atoms with Crippen molar-refractivity contribution in [2.45, 2.75) is 13.0 Å². The van der Waals surface area contributed by atoms with Crippen molar-refractivity contribution >= 4 is 5.90 Å². The van der Waals surface area contributed by atoms with E-state index in [4.69, 9.17) is 4.74 Å². The molecule has 0 aromatic rings. The van der Waals surface area contributed by atoms with Crippen molar-refractivity contribution in [3.05, 3.63) is 12.7 Å². The first kappa shape index (κ1) is 5.35. The SMILES string of the molecule is C=CC1COC(C)=N1. The van der Waals surface area contributed by atoms with Crippen LogP contribution in [0.4, 0.5) is 0 Å². The van der Waals surface area contributed by atoms with Crippen LogP contribution in [0.2, 0.25) is 0 Å². The van der Waals surface area contributed by atoms with Gasteiger partial charge in [-0.25, -0.2) is 4.99 Å². The van der Waals surface area contributed by atoms with E-state index in [2.05, 4.69) is 11.6 Å². The fourth-order valence-electron chi connectivity index (χ4n) is 0.635. The standard InChI is InChI=1S/C6H9NO/c1-3-6-4-8-5(2)7-6/h3,6H,1,4H2,2H3. The monoisotopic (exact) mass is 111 g/mol. The summed E-state index contributed by atoms with van der Waals surface area (Å²) in [6, 6.07) is 0.204. The number of rotatable bonds is 1. The van der Waals surface area contributed by atoms with Gasteiger partial charge in [0.05, 0.1) is 0 Å². The molecule has 1 aliphatic heterocycles. The molecule has 0 spiro atoms. The van der Waals surface area contributed by atoms with Gasteiger partial charge in [-0.15, -0.1) is 6.58 Å². The summed E-state index contributed by atoms with van der Waals surface area (Å²) in [6.07, 6.45) is 1.79. The topological polar surface area (TPSA) is 21.6 Å². The van der Waals surface area contributed by atoms with Gasteiger partial charge in [-0.05, 0) is 0 Å². The minimum atomic E-state index is 0.204. The molecule has 1 heterocycles. The third-order valence-electron chi connectivity index (χ3n) is 1.08. The van der Waals surface area contributed by atoms with Crippen LogP contribution in [0.1, 0.15) is 6.92 Å². The Morgan fingerprint density at radius 3 is 3.00 bits per heavy atom. The van der Waals surface area contributed by atoms with E-state index < -0.39 is 0 Å². The van der Waals surface area contributed by atoms with Gasteiger partial charge in [-0.3, -0.25) is 0 Å². The Labute approximate surface area is 48.9 Å². The summed E-state index contributed by atoms with van der Waals surface area (Å²) in [6.45, 7) is 6.12. The van der Waals surface area contributed by atoms with Crippen molar-refractivity contribution in [1.29, 1.82) is 0 Å². The van der Waals surface area contributed by atoms with Crippen molar-refractivity contribution in [2.24, 2.45) is 4.99 Å². The van der Waals surface area contributed by atoms with Gasteiger partial charge in [0.1, 0.15) is 12.6 Å². The van der Waals surface area contributed by atoms with Crippen molar-refractivity contribution in [3.63, 3.8) is 0 Å². The first-order valence-electron chi connectivity index (χ1n) is 2.62. The predicted octanol–water partition coefficient (Wildman–Crippen LogP) is 0.990. The van der Waals surface area contributed by atoms with Gasteiger partial charge in [0.2, 0.25) is 0 Å². The molecular weight excluding hydrogens is 102 g/mol. The molecule has 0 saturated heterocycles. The maximum absolute atomic E-state index is 5.04. The molecule has 1 rings (SSSR count). The first-order valence-corrected chi connectivity index (χ1v) is 2.62. The van der Waals surface area contributed by atoms with E-state index >= 15 is 0 Å². The molecule has 1 aliphatic rings.